The third-order valence-corrected chi connectivity index (χ3v) is 10.9. The summed E-state index contributed by atoms with van der Waals surface area (Å²) in [6, 6.07) is 3.82. The Labute approximate surface area is 270 Å². The van der Waals surface area contributed by atoms with Gasteiger partial charge in [0.25, 0.3) is 16.1 Å². The van der Waals surface area contributed by atoms with Crippen molar-refractivity contribution in [2.45, 2.75) is 109 Å². The number of anilines is 1. The summed E-state index contributed by atoms with van der Waals surface area (Å²) in [6.07, 6.45) is 3.66. The molecule has 1 aromatic carbocycles. The molecule has 4 rings (SSSR count). The van der Waals surface area contributed by atoms with Gasteiger partial charge in [0.2, 0.25) is 18.2 Å². The van der Waals surface area contributed by atoms with E-state index in [1.807, 2.05) is 6.07 Å². The second-order valence-corrected chi connectivity index (χ2v) is 15.2. The molecule has 2 heterocycles. The number of hydrogen-bond acceptors (Lipinski definition) is 9. The fourth-order valence-electron chi connectivity index (χ4n) is 6.25. The molecule has 1 atom stereocenters. The van der Waals surface area contributed by atoms with Gasteiger partial charge in [0, 0.05) is 55.9 Å². The van der Waals surface area contributed by atoms with Crippen LogP contribution < -0.4 is 16.0 Å². The van der Waals surface area contributed by atoms with Gasteiger partial charge in [-0.15, -0.1) is 0 Å². The van der Waals surface area contributed by atoms with Gasteiger partial charge in [-0.2, -0.15) is 17.0 Å². The van der Waals surface area contributed by atoms with Gasteiger partial charge in [-0.1, -0.05) is 6.07 Å². The highest BCUT2D eigenvalue weighted by atomic mass is 32.2. The number of benzene rings is 1. The van der Waals surface area contributed by atoms with E-state index in [2.05, 4.69) is 16.0 Å². The summed E-state index contributed by atoms with van der Waals surface area (Å²) >= 11 is 0. The molecule has 254 valence electrons. The van der Waals surface area contributed by atoms with Crippen LogP contribution in [0.1, 0.15) is 88.1 Å². The minimum absolute atomic E-state index is 0.0413. The first-order chi connectivity index (χ1) is 21.6. The number of piperidine rings is 2. The molecule has 5 amide bonds. The van der Waals surface area contributed by atoms with E-state index in [0.717, 1.165) is 4.90 Å². The van der Waals surface area contributed by atoms with Crippen LogP contribution in [0, 0.1) is 6.92 Å². The van der Waals surface area contributed by atoms with E-state index in [-0.39, 0.29) is 36.5 Å². The number of carbonyl (C=O) groups excluding carboxylic acids is 5. The van der Waals surface area contributed by atoms with Gasteiger partial charge in [-0.3, -0.25) is 29.4 Å². The van der Waals surface area contributed by atoms with E-state index in [4.69, 9.17) is 4.74 Å². The number of alkyl carbamates (subject to hydrolysis) is 1. The Kier molecular flexibility index (Phi) is 11.1. The fraction of sp³-hybridized carbons (Fsp3) is 0.645. The number of rotatable bonds is 9. The zero-order valence-corrected chi connectivity index (χ0v) is 28.0. The summed E-state index contributed by atoms with van der Waals surface area (Å²) in [5, 5.41) is 8.50. The maximum atomic E-state index is 13.5. The average molecular weight is 663 g/mol. The van der Waals surface area contributed by atoms with Gasteiger partial charge in [-0.25, -0.2) is 4.79 Å². The molecule has 2 aliphatic heterocycles. The lowest BCUT2D eigenvalue weighted by molar-refractivity contribution is -0.139. The minimum atomic E-state index is -3.68. The predicted molar refractivity (Wildman–Crippen MR) is 170 cm³/mol. The number of amides is 5. The Bertz CT molecular complexity index is 1430. The van der Waals surface area contributed by atoms with Gasteiger partial charge in [0.1, 0.15) is 11.6 Å². The van der Waals surface area contributed by atoms with E-state index in [1.165, 1.54) is 8.61 Å². The van der Waals surface area contributed by atoms with Crippen molar-refractivity contribution in [2.75, 3.05) is 25.5 Å². The van der Waals surface area contributed by atoms with Gasteiger partial charge < -0.3 is 15.4 Å². The summed E-state index contributed by atoms with van der Waals surface area (Å²) in [6.45, 7) is 7.76. The van der Waals surface area contributed by atoms with Crippen LogP contribution in [0.4, 0.5) is 10.5 Å². The molecule has 1 aromatic rings. The van der Waals surface area contributed by atoms with Crippen molar-refractivity contribution in [3.8, 4) is 0 Å². The topological polar surface area (TPSA) is 175 Å². The van der Waals surface area contributed by atoms with E-state index >= 15 is 0 Å². The van der Waals surface area contributed by atoms with Crippen molar-refractivity contribution >= 4 is 46.1 Å². The first-order valence-electron chi connectivity index (χ1n) is 15.8. The van der Waals surface area contributed by atoms with Crippen LogP contribution in [0.15, 0.2) is 18.2 Å². The molecule has 46 heavy (non-hydrogen) atoms. The average Bonchev–Trinajstić information content (AvgIpc) is 2.99. The molecule has 14 nitrogen and oxygen atoms in total. The summed E-state index contributed by atoms with van der Waals surface area (Å²) in [7, 11) is -2.06. The van der Waals surface area contributed by atoms with Crippen LogP contribution in [0.2, 0.25) is 0 Å². The highest BCUT2D eigenvalue weighted by Gasteiger charge is 2.38. The Balaban J connectivity index is 1.30. The maximum Gasteiger partial charge on any atom is 0.407 e. The molecule has 15 heteroatoms. The van der Waals surface area contributed by atoms with Gasteiger partial charge in [-0.05, 0) is 90.3 Å². The summed E-state index contributed by atoms with van der Waals surface area (Å²) in [4.78, 5) is 62.0. The van der Waals surface area contributed by atoms with E-state index in [9.17, 15) is 32.4 Å². The normalized spacial score (nSPS) is 23.4. The molecule has 0 radical (unpaired) electrons. The molecule has 3 fully saturated rings. The van der Waals surface area contributed by atoms with E-state index in [1.54, 1.807) is 46.9 Å². The lowest BCUT2D eigenvalue weighted by atomic mass is 9.90. The summed E-state index contributed by atoms with van der Waals surface area (Å²) in [5.74, 6) is -1.73. The van der Waals surface area contributed by atoms with Crippen molar-refractivity contribution in [3.63, 3.8) is 0 Å². The second kappa shape index (κ2) is 14.5. The fourth-order valence-corrected chi connectivity index (χ4v) is 7.88. The van der Waals surface area contributed by atoms with Gasteiger partial charge >= 0.3 is 6.09 Å². The Morgan fingerprint density at radius 2 is 1.67 bits per heavy atom. The molecule has 1 aliphatic carbocycles. The van der Waals surface area contributed by atoms with E-state index < -0.39 is 45.7 Å². The molecule has 3 aliphatic rings. The number of carbonyl (C=O) groups is 5. The smallest absolute Gasteiger partial charge is 0.407 e. The lowest BCUT2D eigenvalue weighted by Gasteiger charge is -2.39. The third kappa shape index (κ3) is 8.42. The van der Waals surface area contributed by atoms with Crippen LogP contribution in [0.5, 0.6) is 0 Å². The highest BCUT2D eigenvalue weighted by molar-refractivity contribution is 7.86. The second-order valence-electron chi connectivity index (χ2n) is 13.3. The Morgan fingerprint density at radius 1 is 1.02 bits per heavy atom. The molecule has 3 N–H and O–H groups in total. The van der Waals surface area contributed by atoms with Crippen LogP contribution >= 0.6 is 0 Å². The lowest BCUT2D eigenvalue weighted by Crippen LogP contribution is -2.54. The van der Waals surface area contributed by atoms with Crippen LogP contribution in [-0.4, -0.2) is 102 Å². The van der Waals surface area contributed by atoms with Crippen molar-refractivity contribution in [1.82, 2.24) is 24.1 Å². The minimum Gasteiger partial charge on any atom is -0.444 e. The highest BCUT2D eigenvalue weighted by Crippen LogP contribution is 2.30. The van der Waals surface area contributed by atoms with E-state index in [0.29, 0.717) is 69.3 Å². The largest absolute Gasteiger partial charge is 0.444 e. The van der Waals surface area contributed by atoms with Crippen LogP contribution in [0.3, 0.4) is 0 Å². The molecular formula is C31H46N6O8S. The summed E-state index contributed by atoms with van der Waals surface area (Å²) in [5.41, 5.74) is 1.00. The SMILES string of the molecule is Cc1c(NC2CCC(N(C)S(=O)(=O)N3CCC(NC(=O)OC(C)(C)C)CC3)CC2)cccc1C(=O)N(C=O)C1CCC(=O)NC1=O. The molecule has 0 spiro atoms. The summed E-state index contributed by atoms with van der Waals surface area (Å²) < 4.78 is 35.2. The standard InChI is InChI=1S/C31H46N6O8S/c1-20-24(29(41)37(19-38)26-13-14-27(39)34-28(26)40)7-6-8-25(20)32-21-9-11-23(12-10-21)35(5)46(43,44)36-17-15-22(16-18-36)33-30(42)45-31(2,3)4/h6-8,19,21-23,26,32H,9-18H2,1-5H3,(H,33,42)(H,34,39,40). The molecule has 0 bridgehead atoms. The number of hydrogen-bond donors (Lipinski definition) is 3. The number of ether oxygens (including phenoxy) is 1. The zero-order chi connectivity index (χ0) is 33.8. The van der Waals surface area contributed by atoms with Gasteiger partial charge in [0.15, 0.2) is 0 Å². The molecule has 1 unspecified atom stereocenters. The van der Waals surface area contributed by atoms with Crippen molar-refractivity contribution < 1.29 is 37.1 Å². The molecule has 1 saturated carbocycles. The monoisotopic (exact) mass is 662 g/mol. The van der Waals surface area contributed by atoms with Crippen LogP contribution in [-0.2, 0) is 29.3 Å². The third-order valence-electron chi connectivity index (χ3n) is 8.89. The maximum absolute atomic E-state index is 13.5. The first kappa shape index (κ1) is 35.3. The molecule has 0 aromatic heterocycles. The molecule has 2 saturated heterocycles. The molecular weight excluding hydrogens is 616 g/mol. The Hall–Kier alpha value is -3.56. The van der Waals surface area contributed by atoms with Gasteiger partial charge in [0.05, 0.1) is 0 Å². The quantitative estimate of drug-likeness (QED) is 0.265. The zero-order valence-electron chi connectivity index (χ0n) is 27.2. The van der Waals surface area contributed by atoms with Crippen molar-refractivity contribution in [1.29, 1.82) is 0 Å². The number of nitrogens with one attached hydrogen (secondary N) is 3. The number of nitrogens with zero attached hydrogens (tertiary/aromatic N) is 3. The van der Waals surface area contributed by atoms with Crippen molar-refractivity contribution in [3.05, 3.63) is 29.3 Å². The number of imide groups is 2. The first-order valence-corrected chi connectivity index (χ1v) is 17.2. The Morgan fingerprint density at radius 3 is 2.26 bits per heavy atom. The van der Waals surface area contributed by atoms with Crippen molar-refractivity contribution in [2.24, 2.45) is 0 Å². The predicted octanol–water partition coefficient (Wildman–Crippen LogP) is 2.29. The van der Waals surface area contributed by atoms with Crippen LogP contribution in [0.25, 0.3) is 0 Å².